The maximum absolute atomic E-state index is 14.2. The van der Waals surface area contributed by atoms with Crippen molar-refractivity contribution in [3.8, 4) is 27.3 Å². The van der Waals surface area contributed by atoms with Crippen LogP contribution < -0.4 is 21.1 Å². The number of β-amino-alcohol motifs (C(OH)–C–C–N with tert-alkyl or cyclic N) is 1. The topological polar surface area (TPSA) is 212 Å². The number of benzene rings is 2. The predicted octanol–water partition coefficient (Wildman–Crippen LogP) is 8.00. The molecule has 2 aliphatic heterocycles. The van der Waals surface area contributed by atoms with Gasteiger partial charge in [0.1, 0.15) is 24.0 Å². The first-order chi connectivity index (χ1) is 34.9. The van der Waals surface area contributed by atoms with Gasteiger partial charge >= 0.3 is 0 Å². The molecule has 1 unspecified atom stereocenters. The number of nitrogen functional groups attached to an aromatic ring is 1. The molecule has 388 valence electrons. The largest absolute Gasteiger partial charge is 0.482 e. The molecule has 0 spiro atoms. The highest BCUT2D eigenvalue weighted by atomic mass is 35.5. The van der Waals surface area contributed by atoms with Gasteiger partial charge in [-0.05, 0) is 93.8 Å². The number of aromatic nitrogens is 7. The summed E-state index contributed by atoms with van der Waals surface area (Å²) in [6, 6.07) is 10.7. The number of hydrogen-bond acceptors (Lipinski definition) is 13. The second-order valence-corrected chi connectivity index (χ2v) is 21.7. The van der Waals surface area contributed by atoms with Crippen molar-refractivity contribution in [3.05, 3.63) is 111 Å². The number of carbonyl (C=O) groups is 3. The van der Waals surface area contributed by atoms with Crippen LogP contribution in [0.1, 0.15) is 101 Å². The third-order valence-corrected chi connectivity index (χ3v) is 15.1. The minimum Gasteiger partial charge on any atom is -0.482 e. The molecular formula is C52H63Cl2FN12O5S. The number of halogens is 3. The van der Waals surface area contributed by atoms with E-state index in [2.05, 4.69) is 35.8 Å². The summed E-state index contributed by atoms with van der Waals surface area (Å²) in [6.07, 6.45) is 10.2. The molecule has 0 saturated carbocycles. The van der Waals surface area contributed by atoms with Crippen molar-refractivity contribution in [3.63, 3.8) is 0 Å². The van der Waals surface area contributed by atoms with E-state index in [1.165, 1.54) is 17.0 Å². The van der Waals surface area contributed by atoms with Crippen LogP contribution >= 0.6 is 34.5 Å². The molecule has 8 rings (SSSR count). The number of aliphatic hydroxyl groups is 1. The van der Waals surface area contributed by atoms with Crippen LogP contribution in [0.3, 0.4) is 0 Å². The molecule has 73 heavy (non-hydrogen) atoms. The van der Waals surface area contributed by atoms with Crippen molar-refractivity contribution in [2.24, 2.45) is 5.41 Å². The minimum absolute atomic E-state index is 0.00109. The lowest BCUT2D eigenvalue weighted by Gasteiger charge is -2.35. The number of aryl methyl sites for hydroxylation is 3. The Kier molecular flexibility index (Phi) is 17.1. The molecule has 3 amide bonds. The molecule has 0 aliphatic carbocycles. The van der Waals surface area contributed by atoms with E-state index in [0.29, 0.717) is 24.3 Å². The van der Waals surface area contributed by atoms with Gasteiger partial charge in [0.2, 0.25) is 17.7 Å². The van der Waals surface area contributed by atoms with Gasteiger partial charge in [-0.25, -0.2) is 14.4 Å². The molecule has 2 fully saturated rings. The van der Waals surface area contributed by atoms with Crippen LogP contribution in [0.4, 0.5) is 10.2 Å². The molecule has 6 heterocycles. The first kappa shape index (κ1) is 53.3. The van der Waals surface area contributed by atoms with Gasteiger partial charge in [-0.2, -0.15) is 5.10 Å². The van der Waals surface area contributed by atoms with E-state index in [0.717, 1.165) is 83.8 Å². The average molecular weight is 1060 g/mol. The maximum atomic E-state index is 14.2. The predicted molar refractivity (Wildman–Crippen MR) is 279 cm³/mol. The monoisotopic (exact) mass is 1060 g/mol. The number of aliphatic hydroxyl groups excluding tert-OH is 1. The van der Waals surface area contributed by atoms with Crippen LogP contribution in [0.15, 0.2) is 72.8 Å². The summed E-state index contributed by atoms with van der Waals surface area (Å²) in [5, 5.41) is 30.1. The van der Waals surface area contributed by atoms with E-state index in [4.69, 9.17) is 38.8 Å². The lowest BCUT2D eigenvalue weighted by Crippen LogP contribution is -2.57. The molecule has 2 saturated heterocycles. The van der Waals surface area contributed by atoms with Gasteiger partial charge < -0.3 is 36.0 Å². The molecule has 6 aromatic rings. The van der Waals surface area contributed by atoms with E-state index in [1.807, 2.05) is 74.5 Å². The maximum Gasteiger partial charge on any atom is 0.246 e. The van der Waals surface area contributed by atoms with E-state index < -0.39 is 41.4 Å². The summed E-state index contributed by atoms with van der Waals surface area (Å²) in [5.41, 5.74) is 13.1. The number of anilines is 1. The van der Waals surface area contributed by atoms with Crippen molar-refractivity contribution in [1.29, 1.82) is 0 Å². The molecule has 5 atom stereocenters. The smallest absolute Gasteiger partial charge is 0.246 e. The standard InChI is InChI=1S/C52H63Cl2FN12O5S/c1-31-47(73-30-59-31)34-14-12-33(13-15-34)23-58-50(70)42-22-39(68)29-66(42)51(71)48(52(3,4)5)61-44(69)11-8-20-65-27-37(62-63-65)9-6-18-64-19-7-10-38(28-64)67-26-36(25-60-67)35-21-43(49(56)57-24-35)72-32(2)45-40(53)16-17-41(55)46(45)54/h12-17,21,24-27,30,32,38-39,42,48,68H,6-11,18-20,22-23,28-29H2,1-5H3,(H2,56,57)(H,58,70)(H,61,69)/t32-,38?,39-,42+,48-/m1/s1. The lowest BCUT2D eigenvalue weighted by atomic mass is 9.85. The molecule has 5 N–H and O–H groups in total. The third-order valence-electron chi connectivity index (χ3n) is 13.5. The zero-order valence-electron chi connectivity index (χ0n) is 41.7. The lowest BCUT2D eigenvalue weighted by molar-refractivity contribution is -0.144. The van der Waals surface area contributed by atoms with E-state index >= 15 is 0 Å². The summed E-state index contributed by atoms with van der Waals surface area (Å²) in [7, 11) is 0. The van der Waals surface area contributed by atoms with Gasteiger partial charge in [-0.1, -0.05) is 73.5 Å². The fraction of sp³-hybridized carbons (Fsp3) is 0.462. The number of hydrogen-bond donors (Lipinski definition) is 4. The second kappa shape index (κ2) is 23.5. The van der Waals surface area contributed by atoms with Crippen molar-refractivity contribution in [2.75, 3.05) is 31.9 Å². The van der Waals surface area contributed by atoms with Crippen LogP contribution in [0.2, 0.25) is 10.0 Å². The van der Waals surface area contributed by atoms with Crippen molar-refractivity contribution in [1.82, 2.24) is 55.2 Å². The highest BCUT2D eigenvalue weighted by molar-refractivity contribution is 7.13. The summed E-state index contributed by atoms with van der Waals surface area (Å²) >= 11 is 14.1. The molecule has 17 nitrogen and oxygen atoms in total. The average Bonchev–Trinajstić information content (AvgIpc) is 4.20. The summed E-state index contributed by atoms with van der Waals surface area (Å²) in [6.45, 7) is 12.8. The van der Waals surface area contributed by atoms with Crippen molar-refractivity contribution >= 4 is 58.1 Å². The van der Waals surface area contributed by atoms with Crippen molar-refractivity contribution < 1.29 is 28.6 Å². The zero-order chi connectivity index (χ0) is 52.0. The first-order valence-electron chi connectivity index (χ1n) is 24.7. The number of thiazole rings is 1. The number of likely N-dealkylation sites (tertiary alicyclic amines) is 2. The highest BCUT2D eigenvalue weighted by Gasteiger charge is 2.44. The van der Waals surface area contributed by atoms with Gasteiger partial charge in [0.15, 0.2) is 11.6 Å². The van der Waals surface area contributed by atoms with Crippen LogP contribution in [0.5, 0.6) is 5.75 Å². The van der Waals surface area contributed by atoms with Crippen LogP contribution in [-0.2, 0) is 33.9 Å². The second-order valence-electron chi connectivity index (χ2n) is 20.1. The van der Waals surface area contributed by atoms with E-state index in [9.17, 15) is 23.9 Å². The van der Waals surface area contributed by atoms with Gasteiger partial charge in [-0.3, -0.25) is 23.7 Å². The molecule has 0 bridgehead atoms. The SMILES string of the molecule is Cc1ncsc1-c1ccc(CNC(=O)[C@@H]2C[C@@H](O)CN2C(=O)[C@@H](NC(=O)CCCn2cc(CCCN3CCCC(n4cc(-c5cnc(N)c(O[C@H](C)c6c(Cl)ccc(F)c6Cl)c5)cn4)C3)nn2)C(C)(C)C)cc1. The number of nitrogens with two attached hydrogens (primary N) is 1. The molecule has 2 aliphatic rings. The number of nitrogens with one attached hydrogen (secondary N) is 2. The zero-order valence-corrected chi connectivity index (χ0v) is 44.1. The Bertz CT molecular complexity index is 2890. The molecular weight excluding hydrogens is 995 g/mol. The normalized spacial score (nSPS) is 18.2. The summed E-state index contributed by atoms with van der Waals surface area (Å²) in [4.78, 5) is 54.6. The molecule has 0 radical (unpaired) electrons. The number of rotatable bonds is 19. The number of carbonyl (C=O) groups excluding carboxylic acids is 3. The Morgan fingerprint density at radius 2 is 1.81 bits per heavy atom. The van der Waals surface area contributed by atoms with Crippen LogP contribution in [0, 0.1) is 18.2 Å². The Labute approximate surface area is 438 Å². The van der Waals surface area contributed by atoms with E-state index in [1.54, 1.807) is 41.4 Å². The molecule has 21 heteroatoms. The van der Waals surface area contributed by atoms with Crippen molar-refractivity contribution in [2.45, 2.75) is 123 Å². The number of ether oxygens (including phenoxy) is 1. The summed E-state index contributed by atoms with van der Waals surface area (Å²) in [5.74, 6) is -1.14. The molecule has 4 aromatic heterocycles. The highest BCUT2D eigenvalue weighted by Crippen LogP contribution is 2.37. The minimum atomic E-state index is -0.915. The van der Waals surface area contributed by atoms with Gasteiger partial charge in [0, 0.05) is 79.3 Å². The summed E-state index contributed by atoms with van der Waals surface area (Å²) < 4.78 is 24.1. The third kappa shape index (κ3) is 13.2. The molecule has 2 aromatic carbocycles. The Balaban J connectivity index is 0.768. The number of nitrogens with zero attached hydrogens (tertiary/aromatic N) is 9. The Morgan fingerprint density at radius 1 is 1.01 bits per heavy atom. The van der Waals surface area contributed by atoms with Gasteiger partial charge in [-0.15, -0.1) is 16.4 Å². The van der Waals surface area contributed by atoms with Gasteiger partial charge in [0.25, 0.3) is 0 Å². The van der Waals surface area contributed by atoms with E-state index in [-0.39, 0.29) is 59.7 Å². The van der Waals surface area contributed by atoms with Crippen LogP contribution in [-0.4, -0.2) is 112 Å². The number of amides is 3. The fourth-order valence-electron chi connectivity index (χ4n) is 9.47. The number of piperidine rings is 1. The van der Waals surface area contributed by atoms with Gasteiger partial charge in [0.05, 0.1) is 45.1 Å². The van der Waals surface area contributed by atoms with Crippen LogP contribution in [0.25, 0.3) is 21.6 Å². The number of pyridine rings is 1. The fourth-order valence-corrected chi connectivity index (χ4v) is 11.0. The Hall–Kier alpha value is -5.99. The quantitative estimate of drug-likeness (QED) is 0.0569. The first-order valence-corrected chi connectivity index (χ1v) is 26.3. The Morgan fingerprint density at radius 3 is 2.56 bits per heavy atom.